The lowest BCUT2D eigenvalue weighted by Crippen LogP contribution is -2.53. The first-order valence-corrected chi connectivity index (χ1v) is 6.82. The smallest absolute Gasteiger partial charge is 0.197 e. The van der Waals surface area contributed by atoms with Crippen LogP contribution in [0.2, 0.25) is 0 Å². The Morgan fingerprint density at radius 2 is 1.94 bits per heavy atom. The number of likely N-dealkylation sites (tertiary alicyclic amines) is 1. The highest BCUT2D eigenvalue weighted by Gasteiger charge is 2.30. The van der Waals surface area contributed by atoms with Gasteiger partial charge < -0.3 is 9.80 Å². The molecule has 1 aromatic carbocycles. The highest BCUT2D eigenvalue weighted by Crippen LogP contribution is 2.20. The van der Waals surface area contributed by atoms with Crippen molar-refractivity contribution in [2.75, 3.05) is 26.2 Å². The van der Waals surface area contributed by atoms with Gasteiger partial charge in [0, 0.05) is 26.2 Å². The van der Waals surface area contributed by atoms with Crippen molar-refractivity contribution in [3.63, 3.8) is 0 Å². The SMILES string of the molecule is Cc1ccc(CN2CCN=C2N2CC(C)C2)cc1. The van der Waals surface area contributed by atoms with Crippen molar-refractivity contribution in [1.82, 2.24) is 9.80 Å². The molecule has 0 amide bonds. The number of guanidine groups is 1. The molecule has 0 spiro atoms. The molecule has 3 nitrogen and oxygen atoms in total. The van der Waals surface area contributed by atoms with Gasteiger partial charge in [-0.15, -0.1) is 0 Å². The van der Waals surface area contributed by atoms with E-state index in [1.807, 2.05) is 0 Å². The molecule has 0 bridgehead atoms. The maximum Gasteiger partial charge on any atom is 0.197 e. The molecule has 1 saturated heterocycles. The second-order valence-corrected chi connectivity index (χ2v) is 5.60. The zero-order valence-electron chi connectivity index (χ0n) is 11.3. The molecule has 2 heterocycles. The van der Waals surface area contributed by atoms with Crippen LogP contribution in [0.1, 0.15) is 18.1 Å². The number of rotatable bonds is 2. The number of aliphatic imine (C=N–C) groups is 1. The van der Waals surface area contributed by atoms with Crippen molar-refractivity contribution in [1.29, 1.82) is 0 Å². The molecule has 0 atom stereocenters. The van der Waals surface area contributed by atoms with Gasteiger partial charge in [-0.1, -0.05) is 36.8 Å². The third-order valence-electron chi connectivity index (χ3n) is 3.75. The molecule has 1 aromatic rings. The molecule has 0 unspecified atom stereocenters. The van der Waals surface area contributed by atoms with Crippen LogP contribution in [-0.2, 0) is 6.54 Å². The number of aryl methyl sites for hydroxylation is 1. The Kier molecular flexibility index (Phi) is 2.98. The first kappa shape index (κ1) is 11.6. The molecule has 1 fully saturated rings. The molecular weight excluding hydrogens is 222 g/mol. The fourth-order valence-corrected chi connectivity index (χ4v) is 2.70. The summed E-state index contributed by atoms with van der Waals surface area (Å²) in [5.74, 6) is 2.04. The molecule has 0 aliphatic carbocycles. The van der Waals surface area contributed by atoms with E-state index < -0.39 is 0 Å². The summed E-state index contributed by atoms with van der Waals surface area (Å²) < 4.78 is 0. The molecule has 0 N–H and O–H groups in total. The lowest BCUT2D eigenvalue weighted by molar-refractivity contribution is 0.180. The Balaban J connectivity index is 1.65. The number of nitrogens with zero attached hydrogens (tertiary/aromatic N) is 3. The average molecular weight is 243 g/mol. The normalized spacial score (nSPS) is 20.0. The summed E-state index contributed by atoms with van der Waals surface area (Å²) in [7, 11) is 0. The van der Waals surface area contributed by atoms with E-state index in [2.05, 4.69) is 52.9 Å². The Labute approximate surface area is 109 Å². The summed E-state index contributed by atoms with van der Waals surface area (Å²) in [6, 6.07) is 8.83. The summed E-state index contributed by atoms with van der Waals surface area (Å²) in [6.45, 7) is 9.78. The van der Waals surface area contributed by atoms with Gasteiger partial charge in [-0.05, 0) is 18.4 Å². The van der Waals surface area contributed by atoms with Crippen LogP contribution in [0.4, 0.5) is 0 Å². The largest absolute Gasteiger partial charge is 0.342 e. The van der Waals surface area contributed by atoms with E-state index in [0.717, 1.165) is 25.6 Å². The van der Waals surface area contributed by atoms with Crippen LogP contribution >= 0.6 is 0 Å². The fourth-order valence-electron chi connectivity index (χ4n) is 2.70. The van der Waals surface area contributed by atoms with Gasteiger partial charge in [-0.25, -0.2) is 0 Å². The quantitative estimate of drug-likeness (QED) is 0.792. The van der Waals surface area contributed by atoms with Crippen LogP contribution in [-0.4, -0.2) is 41.9 Å². The Morgan fingerprint density at radius 1 is 1.22 bits per heavy atom. The van der Waals surface area contributed by atoms with Gasteiger partial charge in [0.1, 0.15) is 0 Å². The van der Waals surface area contributed by atoms with E-state index in [-0.39, 0.29) is 0 Å². The second kappa shape index (κ2) is 4.63. The van der Waals surface area contributed by atoms with Crippen molar-refractivity contribution < 1.29 is 0 Å². The standard InChI is InChI=1S/C15H21N3/c1-12-3-5-14(6-4-12)11-17-8-7-16-15(17)18-9-13(2)10-18/h3-6,13H,7-11H2,1-2H3. The van der Waals surface area contributed by atoms with E-state index in [0.29, 0.717) is 0 Å². The van der Waals surface area contributed by atoms with Gasteiger partial charge >= 0.3 is 0 Å². The van der Waals surface area contributed by atoms with Gasteiger partial charge in [-0.2, -0.15) is 0 Å². The Morgan fingerprint density at radius 3 is 2.61 bits per heavy atom. The minimum Gasteiger partial charge on any atom is -0.342 e. The molecule has 18 heavy (non-hydrogen) atoms. The van der Waals surface area contributed by atoms with E-state index in [4.69, 9.17) is 0 Å². The first-order chi connectivity index (χ1) is 8.72. The van der Waals surface area contributed by atoms with E-state index in [9.17, 15) is 0 Å². The van der Waals surface area contributed by atoms with Crippen molar-refractivity contribution in [2.45, 2.75) is 20.4 Å². The first-order valence-electron chi connectivity index (χ1n) is 6.82. The molecular formula is C15H21N3. The summed E-state index contributed by atoms with van der Waals surface area (Å²) in [5.41, 5.74) is 2.70. The zero-order chi connectivity index (χ0) is 12.5. The predicted molar refractivity (Wildman–Crippen MR) is 74.6 cm³/mol. The monoisotopic (exact) mass is 243 g/mol. The molecule has 3 rings (SSSR count). The topological polar surface area (TPSA) is 18.8 Å². The second-order valence-electron chi connectivity index (χ2n) is 5.60. The summed E-state index contributed by atoms with van der Waals surface area (Å²) in [5, 5.41) is 0. The van der Waals surface area contributed by atoms with Crippen LogP contribution in [0.5, 0.6) is 0 Å². The maximum absolute atomic E-state index is 4.66. The lowest BCUT2D eigenvalue weighted by atomic mass is 10.0. The van der Waals surface area contributed by atoms with E-state index in [1.54, 1.807) is 0 Å². The van der Waals surface area contributed by atoms with Crippen molar-refractivity contribution in [3.8, 4) is 0 Å². The van der Waals surface area contributed by atoms with Gasteiger partial charge in [0.2, 0.25) is 0 Å². The fraction of sp³-hybridized carbons (Fsp3) is 0.533. The van der Waals surface area contributed by atoms with Crippen LogP contribution in [0.25, 0.3) is 0 Å². The van der Waals surface area contributed by atoms with E-state index in [1.165, 1.54) is 30.2 Å². The predicted octanol–water partition coefficient (Wildman–Crippen LogP) is 2.12. The van der Waals surface area contributed by atoms with Crippen molar-refractivity contribution in [3.05, 3.63) is 35.4 Å². The molecule has 3 heteroatoms. The third kappa shape index (κ3) is 2.22. The van der Waals surface area contributed by atoms with Gasteiger partial charge in [0.05, 0.1) is 6.54 Å². The molecule has 2 aliphatic rings. The Hall–Kier alpha value is -1.51. The molecule has 96 valence electrons. The van der Waals surface area contributed by atoms with Gasteiger partial charge in [-0.3, -0.25) is 4.99 Å². The minimum absolute atomic E-state index is 0.828. The summed E-state index contributed by atoms with van der Waals surface area (Å²) in [6.07, 6.45) is 0. The molecule has 0 radical (unpaired) electrons. The van der Waals surface area contributed by atoms with E-state index >= 15 is 0 Å². The number of hydrogen-bond acceptors (Lipinski definition) is 3. The number of benzene rings is 1. The van der Waals surface area contributed by atoms with Crippen molar-refractivity contribution >= 4 is 5.96 Å². The highest BCUT2D eigenvalue weighted by atomic mass is 15.4. The van der Waals surface area contributed by atoms with Crippen LogP contribution in [0.3, 0.4) is 0 Å². The maximum atomic E-state index is 4.66. The average Bonchev–Trinajstić information content (AvgIpc) is 2.76. The van der Waals surface area contributed by atoms with Crippen LogP contribution < -0.4 is 0 Å². The van der Waals surface area contributed by atoms with Crippen LogP contribution in [0, 0.1) is 12.8 Å². The third-order valence-corrected chi connectivity index (χ3v) is 3.75. The number of hydrogen-bond donors (Lipinski definition) is 0. The highest BCUT2D eigenvalue weighted by molar-refractivity contribution is 5.82. The summed E-state index contributed by atoms with van der Waals surface area (Å²) in [4.78, 5) is 9.48. The molecule has 0 saturated carbocycles. The van der Waals surface area contributed by atoms with Crippen LogP contribution in [0.15, 0.2) is 29.3 Å². The lowest BCUT2D eigenvalue weighted by Gasteiger charge is -2.41. The van der Waals surface area contributed by atoms with Gasteiger partial charge in [0.15, 0.2) is 5.96 Å². The van der Waals surface area contributed by atoms with Crippen molar-refractivity contribution in [2.24, 2.45) is 10.9 Å². The summed E-state index contributed by atoms with van der Waals surface area (Å²) >= 11 is 0. The zero-order valence-corrected chi connectivity index (χ0v) is 11.3. The molecule has 2 aliphatic heterocycles. The minimum atomic E-state index is 0.828. The van der Waals surface area contributed by atoms with Gasteiger partial charge in [0.25, 0.3) is 0 Å². The Bertz CT molecular complexity index is 443. The molecule has 0 aromatic heterocycles.